The van der Waals surface area contributed by atoms with Gasteiger partial charge in [0.2, 0.25) is 7.98 Å². The Balaban J connectivity index is 2.90. The van der Waals surface area contributed by atoms with Crippen molar-refractivity contribution in [1.82, 2.24) is 14.5 Å². The van der Waals surface area contributed by atoms with Gasteiger partial charge >= 0.3 is 0 Å². The Morgan fingerprint density at radius 2 is 2.00 bits per heavy atom. The molecule has 0 aliphatic carbocycles. The van der Waals surface area contributed by atoms with Crippen molar-refractivity contribution in [1.29, 1.82) is 0 Å². The molecule has 2 aromatic heterocycles. The molecule has 0 N–H and O–H groups in total. The molecule has 0 saturated heterocycles. The number of aryl methyl sites for hydroxylation is 1. The highest BCUT2D eigenvalue weighted by atomic mass is 32.1. The van der Waals surface area contributed by atoms with Crippen molar-refractivity contribution in [3.8, 4) is 0 Å². The van der Waals surface area contributed by atoms with E-state index in [0.717, 1.165) is 21.2 Å². The number of aromatic nitrogens is 3. The van der Waals surface area contributed by atoms with Crippen LogP contribution in [0.1, 0.15) is 0 Å². The summed E-state index contributed by atoms with van der Waals surface area (Å²) in [6.07, 6.45) is 1.77. The third-order valence-electron chi connectivity index (χ3n) is 2.86. The van der Waals surface area contributed by atoms with Crippen molar-refractivity contribution < 1.29 is 0 Å². The van der Waals surface area contributed by atoms with Gasteiger partial charge in [-0.25, -0.2) is 9.97 Å². The number of fused-ring (bicyclic) bond motifs is 1. The van der Waals surface area contributed by atoms with Crippen LogP contribution in [-0.2, 0) is 7.05 Å². The summed E-state index contributed by atoms with van der Waals surface area (Å²) >= 11 is 4.66. The Labute approximate surface area is 115 Å². The van der Waals surface area contributed by atoms with Gasteiger partial charge < -0.3 is 9.38 Å². The molecule has 2 heterocycles. The second-order valence-corrected chi connectivity index (χ2v) is 11.0. The lowest BCUT2D eigenvalue weighted by molar-refractivity contribution is 0.939. The van der Waals surface area contributed by atoms with Crippen LogP contribution in [0.25, 0.3) is 11.0 Å². The van der Waals surface area contributed by atoms with E-state index in [4.69, 9.17) is 13.0 Å². The molecule has 0 bridgehead atoms. The minimum absolute atomic E-state index is 0.709. The second kappa shape index (κ2) is 4.31. The fourth-order valence-electron chi connectivity index (χ4n) is 1.97. The smallest absolute Gasteiger partial charge is 0.228 e. The van der Waals surface area contributed by atoms with Gasteiger partial charge in [-0.3, -0.25) is 0 Å². The zero-order valence-corrected chi connectivity index (χ0v) is 13.3. The largest absolute Gasteiger partial charge is 0.411 e. The number of pyridine rings is 1. The molecule has 0 aliphatic rings. The van der Waals surface area contributed by atoms with Crippen LogP contribution in [0, 0.1) is 0 Å². The normalized spacial score (nSPS) is 12.1. The molecule has 94 valence electrons. The minimum atomic E-state index is -1.58. The summed E-state index contributed by atoms with van der Waals surface area (Å²) in [4.78, 5) is 11.5. The maximum atomic E-state index is 5.86. The molecule has 0 saturated carbocycles. The number of imidazole rings is 1. The maximum absolute atomic E-state index is 5.86. The summed E-state index contributed by atoms with van der Waals surface area (Å²) in [5.74, 6) is 0.709. The molecule has 18 heavy (non-hydrogen) atoms. The fourth-order valence-corrected chi connectivity index (χ4v) is 4.56. The van der Waals surface area contributed by atoms with Crippen LogP contribution in [0.4, 0.5) is 5.82 Å². The van der Waals surface area contributed by atoms with E-state index >= 15 is 0 Å². The highest BCUT2D eigenvalue weighted by Crippen LogP contribution is 2.27. The van der Waals surface area contributed by atoms with Gasteiger partial charge in [0.15, 0.2) is 0 Å². The summed E-state index contributed by atoms with van der Waals surface area (Å²) in [5.41, 5.74) is 1.80. The van der Waals surface area contributed by atoms with Crippen molar-refractivity contribution in [2.45, 2.75) is 24.5 Å². The second-order valence-electron chi connectivity index (χ2n) is 5.55. The van der Waals surface area contributed by atoms with E-state index in [0.29, 0.717) is 5.82 Å². The Hall–Kier alpha value is -0.948. The van der Waals surface area contributed by atoms with Gasteiger partial charge in [0, 0.05) is 17.3 Å². The Morgan fingerprint density at radius 1 is 1.39 bits per heavy atom. The molecule has 0 atom stereocenters. The van der Waals surface area contributed by atoms with Crippen LogP contribution in [0.3, 0.4) is 0 Å². The maximum Gasteiger partial charge on any atom is 0.228 e. The summed E-state index contributed by atoms with van der Waals surface area (Å²) in [6, 6.07) is 0. The average Bonchev–Trinajstić information content (AvgIpc) is 2.59. The molecule has 0 aromatic carbocycles. The van der Waals surface area contributed by atoms with Crippen molar-refractivity contribution in [3.05, 3.63) is 6.33 Å². The summed E-state index contributed by atoms with van der Waals surface area (Å²) < 4.78 is 1.97. The molecule has 0 spiro atoms. The van der Waals surface area contributed by atoms with Crippen LogP contribution in [0.15, 0.2) is 11.2 Å². The van der Waals surface area contributed by atoms with E-state index in [1.807, 2.05) is 11.6 Å². The van der Waals surface area contributed by atoms with Gasteiger partial charge in [0.25, 0.3) is 0 Å². The van der Waals surface area contributed by atoms with Gasteiger partial charge in [-0.1, -0.05) is 19.6 Å². The van der Waals surface area contributed by atoms with Crippen molar-refractivity contribution in [2.75, 3.05) is 11.9 Å². The van der Waals surface area contributed by atoms with E-state index < -0.39 is 8.07 Å². The standard InChI is InChI=1S/C11H17BN4SSi/c1-15-6-13-7-8(15)9(17)11(18(3,4)5)14-10(7)16(2)12/h6,17H,1-5H3. The van der Waals surface area contributed by atoms with Crippen LogP contribution in [0.2, 0.25) is 19.6 Å². The molecule has 2 rings (SSSR count). The van der Waals surface area contributed by atoms with Gasteiger partial charge in [-0.05, 0) is 7.05 Å². The average molecular weight is 276 g/mol. The molecular weight excluding hydrogens is 259 g/mol. The van der Waals surface area contributed by atoms with Gasteiger partial charge in [0.05, 0.1) is 11.8 Å². The van der Waals surface area contributed by atoms with Gasteiger partial charge in [0.1, 0.15) is 19.4 Å². The van der Waals surface area contributed by atoms with Crippen LogP contribution in [-0.4, -0.2) is 37.6 Å². The predicted molar refractivity (Wildman–Crippen MR) is 82.9 cm³/mol. The van der Waals surface area contributed by atoms with E-state index in [1.165, 1.54) is 4.81 Å². The van der Waals surface area contributed by atoms with Crippen molar-refractivity contribution in [3.63, 3.8) is 0 Å². The quantitative estimate of drug-likeness (QED) is 0.663. The topological polar surface area (TPSA) is 34.0 Å². The molecular formula is C11H17BN4SSi. The van der Waals surface area contributed by atoms with E-state index in [1.54, 1.807) is 13.4 Å². The number of thiol groups is 1. The number of nitrogens with zero attached hydrogens (tertiary/aromatic N) is 4. The SMILES string of the molecule is [B]N(C)c1nc([Si](C)(C)C)c(S)c2c1ncn2C. The number of rotatable bonds is 2. The molecule has 2 aromatic rings. The van der Waals surface area contributed by atoms with Crippen LogP contribution in [0.5, 0.6) is 0 Å². The monoisotopic (exact) mass is 276 g/mol. The minimum Gasteiger partial charge on any atom is -0.411 e. The first-order valence-corrected chi connectivity index (χ1v) is 9.71. The lowest BCUT2D eigenvalue weighted by Gasteiger charge is -2.22. The summed E-state index contributed by atoms with van der Waals surface area (Å²) in [6.45, 7) is 6.74. The molecule has 2 radical (unpaired) electrons. The van der Waals surface area contributed by atoms with E-state index in [9.17, 15) is 0 Å². The first-order valence-electron chi connectivity index (χ1n) is 5.76. The Bertz CT molecular complexity index is 603. The van der Waals surface area contributed by atoms with Crippen molar-refractivity contribution >= 4 is 50.9 Å². The number of hydrogen-bond donors (Lipinski definition) is 1. The Morgan fingerprint density at radius 3 is 2.50 bits per heavy atom. The lowest BCUT2D eigenvalue weighted by atomic mass is 10.3. The first-order chi connectivity index (χ1) is 8.23. The van der Waals surface area contributed by atoms with Crippen LogP contribution < -0.4 is 10.1 Å². The highest BCUT2D eigenvalue weighted by Gasteiger charge is 2.26. The zero-order chi connectivity index (χ0) is 13.7. The van der Waals surface area contributed by atoms with Crippen molar-refractivity contribution in [2.24, 2.45) is 7.05 Å². The fraction of sp³-hybridized carbons (Fsp3) is 0.455. The third kappa shape index (κ3) is 2.05. The highest BCUT2D eigenvalue weighted by molar-refractivity contribution is 7.80. The van der Waals surface area contributed by atoms with Crippen LogP contribution >= 0.6 is 12.6 Å². The molecule has 0 fully saturated rings. The van der Waals surface area contributed by atoms with Gasteiger partial charge in [-0.2, -0.15) is 0 Å². The lowest BCUT2D eigenvalue weighted by Crippen LogP contribution is -2.42. The molecule has 4 nitrogen and oxygen atoms in total. The summed E-state index contributed by atoms with van der Waals surface area (Å²) in [7, 11) is 8.03. The zero-order valence-electron chi connectivity index (χ0n) is 11.4. The molecule has 0 aliphatic heterocycles. The predicted octanol–water partition coefficient (Wildman–Crippen LogP) is 1.32. The van der Waals surface area contributed by atoms with Gasteiger partial charge in [-0.15, -0.1) is 12.6 Å². The number of anilines is 1. The number of hydrogen-bond acceptors (Lipinski definition) is 4. The van der Waals surface area contributed by atoms with E-state index in [2.05, 4.69) is 37.3 Å². The van der Waals surface area contributed by atoms with E-state index in [-0.39, 0.29) is 0 Å². The molecule has 0 amide bonds. The first kappa shape index (κ1) is 13.5. The molecule has 7 heteroatoms. The Kier molecular flexibility index (Phi) is 3.23. The molecule has 0 unspecified atom stereocenters. The summed E-state index contributed by atoms with van der Waals surface area (Å²) in [5, 5.41) is 1.06. The third-order valence-corrected chi connectivity index (χ3v) is 5.28.